The average molecular weight is 414 g/mol. The van der Waals surface area contributed by atoms with Crippen LogP contribution in [0.4, 0.5) is 10.3 Å². The summed E-state index contributed by atoms with van der Waals surface area (Å²) in [6.07, 6.45) is 0. The van der Waals surface area contributed by atoms with Crippen LogP contribution in [0.1, 0.15) is 6.92 Å². The molecule has 2 N–H and O–H groups in total. The van der Waals surface area contributed by atoms with E-state index in [4.69, 9.17) is 9.47 Å². The van der Waals surface area contributed by atoms with Crippen molar-refractivity contribution >= 4 is 59.3 Å². The fourth-order valence-electron chi connectivity index (χ4n) is 2.75. The lowest BCUT2D eigenvalue weighted by Crippen LogP contribution is -2.22. The van der Waals surface area contributed by atoms with Crippen molar-refractivity contribution in [1.82, 2.24) is 9.97 Å². The van der Waals surface area contributed by atoms with Gasteiger partial charge in [-0.2, -0.15) is 0 Å². The maximum Gasteiger partial charge on any atom is 0.203 e. The largest absolute Gasteiger partial charge is 0.494 e. The highest BCUT2D eigenvalue weighted by molar-refractivity contribution is 7.23. The van der Waals surface area contributed by atoms with Crippen molar-refractivity contribution in [2.24, 2.45) is 4.99 Å². The second-order valence-corrected chi connectivity index (χ2v) is 7.79. The molecule has 0 bridgehead atoms. The quantitative estimate of drug-likeness (QED) is 0.361. The van der Waals surface area contributed by atoms with Gasteiger partial charge in [0.05, 0.1) is 23.6 Å². The van der Waals surface area contributed by atoms with Crippen molar-refractivity contribution in [3.05, 3.63) is 36.4 Å². The molecule has 0 amide bonds. The van der Waals surface area contributed by atoms with Gasteiger partial charge >= 0.3 is 0 Å². The molecule has 144 valence electrons. The summed E-state index contributed by atoms with van der Waals surface area (Å²) < 4.78 is 12.9. The SMILES string of the molecule is CCN=C(Nc1nc2c(OC)cccc2s1)Nc1nc2c(OC)cccc2s1. The number of guanidine groups is 1. The smallest absolute Gasteiger partial charge is 0.203 e. The third-order valence-corrected chi connectivity index (χ3v) is 5.84. The minimum absolute atomic E-state index is 0.596. The van der Waals surface area contributed by atoms with Crippen molar-refractivity contribution in [2.75, 3.05) is 31.4 Å². The number of aliphatic imine (C=N–C) groups is 1. The number of ether oxygens (including phenoxy) is 2. The number of fused-ring (bicyclic) bond motifs is 2. The summed E-state index contributed by atoms with van der Waals surface area (Å²) in [6, 6.07) is 11.8. The molecule has 4 aromatic rings. The Morgan fingerprint density at radius 1 is 0.893 bits per heavy atom. The van der Waals surface area contributed by atoms with Gasteiger partial charge in [-0.3, -0.25) is 4.99 Å². The highest BCUT2D eigenvalue weighted by Gasteiger charge is 2.13. The summed E-state index contributed by atoms with van der Waals surface area (Å²) >= 11 is 3.09. The van der Waals surface area contributed by atoms with Crippen LogP contribution in [-0.4, -0.2) is 36.7 Å². The zero-order valence-corrected chi connectivity index (χ0v) is 17.3. The molecule has 0 radical (unpaired) electrons. The van der Waals surface area contributed by atoms with Crippen LogP contribution in [0.3, 0.4) is 0 Å². The van der Waals surface area contributed by atoms with E-state index in [2.05, 4.69) is 25.6 Å². The highest BCUT2D eigenvalue weighted by atomic mass is 32.1. The van der Waals surface area contributed by atoms with Gasteiger partial charge in [-0.1, -0.05) is 34.8 Å². The first-order chi connectivity index (χ1) is 13.7. The third kappa shape index (κ3) is 3.58. The molecule has 0 unspecified atom stereocenters. The number of rotatable bonds is 5. The Morgan fingerprint density at radius 2 is 1.39 bits per heavy atom. The summed E-state index contributed by atoms with van der Waals surface area (Å²) in [5.41, 5.74) is 1.66. The van der Waals surface area contributed by atoms with Gasteiger partial charge in [0.2, 0.25) is 5.96 Å². The van der Waals surface area contributed by atoms with Crippen molar-refractivity contribution in [3.63, 3.8) is 0 Å². The van der Waals surface area contributed by atoms with E-state index >= 15 is 0 Å². The van der Waals surface area contributed by atoms with Gasteiger partial charge in [0.25, 0.3) is 0 Å². The Balaban J connectivity index is 1.61. The molecular weight excluding hydrogens is 394 g/mol. The number of aromatic nitrogens is 2. The number of nitrogens with one attached hydrogen (secondary N) is 2. The zero-order valence-electron chi connectivity index (χ0n) is 15.6. The van der Waals surface area contributed by atoms with E-state index in [1.165, 1.54) is 0 Å². The molecule has 0 aliphatic heterocycles. The van der Waals surface area contributed by atoms with Gasteiger partial charge in [0.15, 0.2) is 10.3 Å². The first kappa shape index (κ1) is 18.5. The van der Waals surface area contributed by atoms with Crippen molar-refractivity contribution in [1.29, 1.82) is 0 Å². The fourth-order valence-corrected chi connectivity index (χ4v) is 4.52. The average Bonchev–Trinajstić information content (AvgIpc) is 3.30. The molecule has 0 atom stereocenters. The monoisotopic (exact) mass is 413 g/mol. The number of thiazole rings is 2. The van der Waals surface area contributed by atoms with Crippen LogP contribution in [0.15, 0.2) is 41.4 Å². The maximum atomic E-state index is 5.39. The van der Waals surface area contributed by atoms with Gasteiger partial charge in [0.1, 0.15) is 22.5 Å². The number of nitrogens with zero attached hydrogens (tertiary/aromatic N) is 3. The molecule has 0 saturated carbocycles. The van der Waals surface area contributed by atoms with Crippen LogP contribution in [0.2, 0.25) is 0 Å². The summed E-state index contributed by atoms with van der Waals surface area (Å²) in [7, 11) is 3.29. The molecule has 0 fully saturated rings. The number of hydrogen-bond acceptors (Lipinski definition) is 7. The van der Waals surface area contributed by atoms with Crippen LogP contribution < -0.4 is 20.1 Å². The minimum Gasteiger partial charge on any atom is -0.494 e. The third-order valence-electron chi connectivity index (χ3n) is 3.97. The Bertz CT molecular complexity index is 1070. The Morgan fingerprint density at radius 3 is 1.82 bits per heavy atom. The van der Waals surface area contributed by atoms with E-state index in [1.807, 2.05) is 43.3 Å². The summed E-state index contributed by atoms with van der Waals surface area (Å²) in [5, 5.41) is 8.00. The molecule has 2 heterocycles. The molecule has 2 aromatic heterocycles. The molecule has 9 heteroatoms. The first-order valence-corrected chi connectivity index (χ1v) is 10.3. The van der Waals surface area contributed by atoms with Gasteiger partial charge < -0.3 is 20.1 Å². The van der Waals surface area contributed by atoms with Crippen molar-refractivity contribution in [3.8, 4) is 11.5 Å². The Labute approximate surface area is 170 Å². The molecule has 7 nitrogen and oxygen atoms in total. The van der Waals surface area contributed by atoms with Crippen LogP contribution in [-0.2, 0) is 0 Å². The standard InChI is InChI=1S/C19H19N5O2S2/c1-4-20-17(23-18-21-15-11(25-2)7-5-9-13(15)27-18)24-19-22-16-12(26-3)8-6-10-14(16)28-19/h5-10H,4H2,1-3H3,(H2,20,21,22,23,24). The van der Waals surface area contributed by atoms with E-state index in [9.17, 15) is 0 Å². The molecule has 0 aliphatic carbocycles. The molecule has 0 spiro atoms. The van der Waals surface area contributed by atoms with Crippen molar-refractivity contribution < 1.29 is 9.47 Å². The highest BCUT2D eigenvalue weighted by Crippen LogP contribution is 2.33. The van der Waals surface area contributed by atoms with Crippen LogP contribution >= 0.6 is 22.7 Å². The van der Waals surface area contributed by atoms with Gasteiger partial charge in [-0.25, -0.2) is 9.97 Å². The van der Waals surface area contributed by atoms with Crippen LogP contribution in [0, 0.1) is 0 Å². The topological polar surface area (TPSA) is 80.7 Å². The van der Waals surface area contributed by atoms with E-state index < -0.39 is 0 Å². The molecular formula is C19H19N5O2S2. The van der Waals surface area contributed by atoms with Gasteiger partial charge in [0, 0.05) is 6.54 Å². The minimum atomic E-state index is 0.596. The van der Waals surface area contributed by atoms with E-state index in [-0.39, 0.29) is 0 Å². The van der Waals surface area contributed by atoms with E-state index in [0.717, 1.165) is 42.2 Å². The predicted molar refractivity (Wildman–Crippen MR) is 118 cm³/mol. The van der Waals surface area contributed by atoms with Crippen LogP contribution in [0.25, 0.3) is 20.4 Å². The second-order valence-electron chi connectivity index (χ2n) is 5.73. The van der Waals surface area contributed by atoms with Crippen molar-refractivity contribution in [2.45, 2.75) is 6.92 Å². The molecule has 0 saturated heterocycles. The molecule has 4 rings (SSSR count). The summed E-state index contributed by atoms with van der Waals surface area (Å²) in [6.45, 7) is 2.60. The lowest BCUT2D eigenvalue weighted by Gasteiger charge is -2.07. The summed E-state index contributed by atoms with van der Waals surface area (Å²) in [4.78, 5) is 13.8. The van der Waals surface area contributed by atoms with Crippen LogP contribution in [0.5, 0.6) is 11.5 Å². The summed E-state index contributed by atoms with van der Waals surface area (Å²) in [5.74, 6) is 2.10. The first-order valence-electron chi connectivity index (χ1n) is 8.67. The number of hydrogen-bond donors (Lipinski definition) is 2. The fraction of sp³-hybridized carbons (Fsp3) is 0.211. The number of benzene rings is 2. The molecule has 28 heavy (non-hydrogen) atoms. The number of methoxy groups -OCH3 is 2. The second kappa shape index (κ2) is 7.99. The normalized spacial score (nSPS) is 10.8. The Hall–Kier alpha value is -2.91. The molecule has 0 aliphatic rings. The zero-order chi connectivity index (χ0) is 19.5. The lowest BCUT2D eigenvalue weighted by atomic mass is 10.3. The van der Waals surface area contributed by atoms with Gasteiger partial charge in [-0.15, -0.1) is 0 Å². The van der Waals surface area contributed by atoms with E-state index in [1.54, 1.807) is 36.9 Å². The van der Waals surface area contributed by atoms with E-state index in [0.29, 0.717) is 12.5 Å². The number of anilines is 2. The lowest BCUT2D eigenvalue weighted by molar-refractivity contribution is 0.419. The maximum absolute atomic E-state index is 5.39. The number of para-hydroxylation sites is 2. The predicted octanol–water partition coefficient (Wildman–Crippen LogP) is 4.82. The Kier molecular flexibility index (Phi) is 5.27. The van der Waals surface area contributed by atoms with Gasteiger partial charge in [-0.05, 0) is 31.2 Å². The molecule has 2 aromatic carbocycles.